The SMILES string of the molecule is COc1ccc(OC)c(CNC(=O)C2CC(=O)N(c3ccc(F)c([N+](=O)[O-])c3)C2)c1. The summed E-state index contributed by atoms with van der Waals surface area (Å²) in [4.78, 5) is 36.3. The number of hydrogen-bond donors (Lipinski definition) is 1. The molecule has 1 fully saturated rings. The smallest absolute Gasteiger partial charge is 0.306 e. The number of carbonyl (C=O) groups excluding carboxylic acids is 2. The van der Waals surface area contributed by atoms with Crippen LogP contribution in [0.1, 0.15) is 12.0 Å². The lowest BCUT2D eigenvalue weighted by molar-refractivity contribution is -0.387. The lowest BCUT2D eigenvalue weighted by atomic mass is 10.1. The Morgan fingerprint density at radius 1 is 1.27 bits per heavy atom. The molecular weight excluding hydrogens is 397 g/mol. The second-order valence-corrected chi connectivity index (χ2v) is 6.69. The number of amides is 2. The largest absolute Gasteiger partial charge is 0.497 e. The first-order valence-corrected chi connectivity index (χ1v) is 9.07. The molecule has 158 valence electrons. The van der Waals surface area contributed by atoms with Gasteiger partial charge in [0, 0.05) is 31.1 Å². The van der Waals surface area contributed by atoms with Gasteiger partial charge in [0.1, 0.15) is 11.5 Å². The van der Waals surface area contributed by atoms with Gasteiger partial charge in [-0.25, -0.2) is 0 Å². The van der Waals surface area contributed by atoms with Crippen molar-refractivity contribution in [2.45, 2.75) is 13.0 Å². The molecule has 2 amide bonds. The third kappa shape index (κ3) is 4.32. The van der Waals surface area contributed by atoms with Gasteiger partial charge in [-0.05, 0) is 30.3 Å². The standard InChI is InChI=1S/C20H20FN3O6/c1-29-15-4-6-18(30-2)12(7-15)10-22-20(26)13-8-19(25)23(11-13)14-3-5-16(21)17(9-14)24(27)28/h3-7,9,13H,8,10-11H2,1-2H3,(H,22,26). The van der Waals surface area contributed by atoms with Crippen LogP contribution < -0.4 is 19.7 Å². The maximum absolute atomic E-state index is 13.6. The van der Waals surface area contributed by atoms with Gasteiger partial charge < -0.3 is 19.7 Å². The van der Waals surface area contributed by atoms with Gasteiger partial charge in [0.25, 0.3) is 0 Å². The van der Waals surface area contributed by atoms with Crippen LogP contribution in [-0.4, -0.2) is 37.5 Å². The lowest BCUT2D eigenvalue weighted by Crippen LogP contribution is -2.32. The summed E-state index contributed by atoms with van der Waals surface area (Å²) in [5, 5.41) is 13.7. The molecule has 0 aromatic heterocycles. The Morgan fingerprint density at radius 3 is 2.70 bits per heavy atom. The summed E-state index contributed by atoms with van der Waals surface area (Å²) >= 11 is 0. The average molecular weight is 417 g/mol. The van der Waals surface area contributed by atoms with E-state index in [-0.39, 0.29) is 37.0 Å². The maximum Gasteiger partial charge on any atom is 0.306 e. The predicted octanol–water partition coefficient (Wildman–Crippen LogP) is 2.42. The summed E-state index contributed by atoms with van der Waals surface area (Å²) in [7, 11) is 3.05. The minimum Gasteiger partial charge on any atom is -0.497 e. The molecular formula is C20H20FN3O6. The highest BCUT2D eigenvalue weighted by Gasteiger charge is 2.36. The van der Waals surface area contributed by atoms with Crippen LogP contribution in [0.5, 0.6) is 11.5 Å². The van der Waals surface area contributed by atoms with Gasteiger partial charge >= 0.3 is 5.69 Å². The molecule has 2 aromatic rings. The highest BCUT2D eigenvalue weighted by atomic mass is 19.1. The van der Waals surface area contributed by atoms with E-state index in [9.17, 15) is 24.1 Å². The summed E-state index contributed by atoms with van der Waals surface area (Å²) in [6, 6.07) is 8.41. The van der Waals surface area contributed by atoms with E-state index in [4.69, 9.17) is 9.47 Å². The van der Waals surface area contributed by atoms with Gasteiger partial charge in [0.05, 0.1) is 30.7 Å². The summed E-state index contributed by atoms with van der Waals surface area (Å²) in [5.74, 6) is -1.14. The fourth-order valence-electron chi connectivity index (χ4n) is 3.29. The van der Waals surface area contributed by atoms with Crippen molar-refractivity contribution in [3.05, 3.63) is 57.9 Å². The van der Waals surface area contributed by atoms with E-state index in [2.05, 4.69) is 5.32 Å². The molecule has 3 rings (SSSR count). The molecule has 2 aromatic carbocycles. The summed E-state index contributed by atoms with van der Waals surface area (Å²) in [6.45, 7) is 0.217. The Labute approximate surface area is 171 Å². The van der Waals surface area contributed by atoms with Crippen molar-refractivity contribution in [1.29, 1.82) is 0 Å². The molecule has 0 spiro atoms. The van der Waals surface area contributed by atoms with Crippen molar-refractivity contribution in [1.82, 2.24) is 5.32 Å². The number of nitro groups is 1. The Morgan fingerprint density at radius 2 is 2.03 bits per heavy atom. The Kier molecular flexibility index (Phi) is 6.14. The number of carbonyl (C=O) groups is 2. The minimum absolute atomic E-state index is 0.0443. The van der Waals surface area contributed by atoms with Crippen molar-refractivity contribution in [3.8, 4) is 11.5 Å². The maximum atomic E-state index is 13.6. The molecule has 1 saturated heterocycles. The summed E-state index contributed by atoms with van der Waals surface area (Å²) in [5.41, 5.74) is 0.164. The second kappa shape index (κ2) is 8.76. The van der Waals surface area contributed by atoms with Crippen molar-refractivity contribution < 1.29 is 28.4 Å². The number of rotatable bonds is 7. The van der Waals surface area contributed by atoms with E-state index >= 15 is 0 Å². The highest BCUT2D eigenvalue weighted by Crippen LogP contribution is 2.30. The topological polar surface area (TPSA) is 111 Å². The van der Waals surface area contributed by atoms with Gasteiger partial charge in [-0.2, -0.15) is 4.39 Å². The molecule has 0 saturated carbocycles. The average Bonchev–Trinajstić information content (AvgIpc) is 3.13. The molecule has 0 bridgehead atoms. The first-order chi connectivity index (χ1) is 14.3. The van der Waals surface area contributed by atoms with Crippen LogP contribution in [-0.2, 0) is 16.1 Å². The van der Waals surface area contributed by atoms with Crippen LogP contribution in [0.15, 0.2) is 36.4 Å². The van der Waals surface area contributed by atoms with Crippen molar-refractivity contribution in [2.24, 2.45) is 5.92 Å². The highest BCUT2D eigenvalue weighted by molar-refractivity contribution is 6.00. The van der Waals surface area contributed by atoms with Gasteiger partial charge in [-0.1, -0.05) is 0 Å². The van der Waals surface area contributed by atoms with E-state index in [0.29, 0.717) is 17.1 Å². The van der Waals surface area contributed by atoms with Crippen LogP contribution >= 0.6 is 0 Å². The Bertz CT molecular complexity index is 997. The van der Waals surface area contributed by atoms with Gasteiger partial charge in [0.15, 0.2) is 0 Å². The number of methoxy groups -OCH3 is 2. The number of halogens is 1. The van der Waals surface area contributed by atoms with E-state index in [0.717, 1.165) is 12.1 Å². The van der Waals surface area contributed by atoms with Crippen LogP contribution in [0.3, 0.4) is 0 Å². The molecule has 1 heterocycles. The number of nitro benzene ring substituents is 1. The Balaban J connectivity index is 1.69. The van der Waals surface area contributed by atoms with E-state index < -0.39 is 22.3 Å². The molecule has 0 radical (unpaired) electrons. The number of hydrogen-bond acceptors (Lipinski definition) is 6. The number of anilines is 1. The number of nitrogens with zero attached hydrogens (tertiary/aromatic N) is 2. The fourth-order valence-corrected chi connectivity index (χ4v) is 3.29. The van der Waals surface area contributed by atoms with Crippen LogP contribution in [0.25, 0.3) is 0 Å². The first-order valence-electron chi connectivity index (χ1n) is 9.07. The normalized spacial score (nSPS) is 15.8. The molecule has 1 N–H and O–H groups in total. The Hall–Kier alpha value is -3.69. The molecule has 1 atom stereocenters. The summed E-state index contributed by atoms with van der Waals surface area (Å²) in [6.07, 6.45) is -0.0494. The monoisotopic (exact) mass is 417 g/mol. The fraction of sp³-hybridized carbons (Fsp3) is 0.300. The quantitative estimate of drug-likeness (QED) is 0.547. The zero-order chi connectivity index (χ0) is 21.8. The third-order valence-electron chi connectivity index (χ3n) is 4.87. The van der Waals surface area contributed by atoms with Crippen LogP contribution in [0.2, 0.25) is 0 Å². The molecule has 1 unspecified atom stereocenters. The number of ether oxygens (including phenoxy) is 2. The summed E-state index contributed by atoms with van der Waals surface area (Å²) < 4.78 is 24.0. The number of nitrogens with one attached hydrogen (secondary N) is 1. The minimum atomic E-state index is -0.989. The van der Waals surface area contributed by atoms with E-state index in [1.807, 2.05) is 0 Å². The molecule has 30 heavy (non-hydrogen) atoms. The van der Waals surface area contributed by atoms with Crippen molar-refractivity contribution >= 4 is 23.2 Å². The molecule has 0 aliphatic carbocycles. The zero-order valence-corrected chi connectivity index (χ0v) is 16.4. The van der Waals surface area contributed by atoms with Gasteiger partial charge in [-0.15, -0.1) is 0 Å². The van der Waals surface area contributed by atoms with Crippen molar-refractivity contribution in [3.63, 3.8) is 0 Å². The third-order valence-corrected chi connectivity index (χ3v) is 4.87. The second-order valence-electron chi connectivity index (χ2n) is 6.69. The van der Waals surface area contributed by atoms with Crippen molar-refractivity contribution in [2.75, 3.05) is 25.7 Å². The van der Waals surface area contributed by atoms with E-state index in [1.54, 1.807) is 18.2 Å². The van der Waals surface area contributed by atoms with E-state index in [1.165, 1.54) is 25.2 Å². The first kappa shape index (κ1) is 21.0. The number of benzene rings is 2. The molecule has 1 aliphatic rings. The predicted molar refractivity (Wildman–Crippen MR) is 105 cm³/mol. The molecule has 1 aliphatic heterocycles. The van der Waals surface area contributed by atoms with Crippen LogP contribution in [0, 0.1) is 21.8 Å². The molecule has 9 nitrogen and oxygen atoms in total. The van der Waals surface area contributed by atoms with Gasteiger partial charge in [-0.3, -0.25) is 19.7 Å². The van der Waals surface area contributed by atoms with Gasteiger partial charge in [0.2, 0.25) is 17.6 Å². The van der Waals surface area contributed by atoms with Crippen LogP contribution in [0.4, 0.5) is 15.8 Å². The zero-order valence-electron chi connectivity index (χ0n) is 16.4. The molecule has 10 heteroatoms. The lowest BCUT2D eigenvalue weighted by Gasteiger charge is -2.17.